The lowest BCUT2D eigenvalue weighted by Crippen LogP contribution is -2.27. The molecule has 0 heterocycles. The normalized spacial score (nSPS) is 12.6. The van der Waals surface area contributed by atoms with E-state index in [1.807, 2.05) is 12.2 Å². The Kier molecular flexibility index (Phi) is 7.76. The number of hydrogen-bond acceptors (Lipinski definition) is 3. The summed E-state index contributed by atoms with van der Waals surface area (Å²) in [5, 5.41) is 27.1. The molecule has 0 aromatic carbocycles. The summed E-state index contributed by atoms with van der Waals surface area (Å²) in [4.78, 5) is 0. The maximum absolute atomic E-state index is 9.21. The fraction of sp³-hybridized carbons (Fsp3) is 0.818. The third-order valence-corrected chi connectivity index (χ3v) is 2.39. The molecule has 84 valence electrons. The van der Waals surface area contributed by atoms with Crippen LogP contribution < -0.4 is 0 Å². The van der Waals surface area contributed by atoms with Gasteiger partial charge in [0, 0.05) is 12.0 Å². The third kappa shape index (κ3) is 4.74. The molecule has 0 aliphatic heterocycles. The molecule has 0 aromatic heterocycles. The molecule has 3 nitrogen and oxygen atoms in total. The van der Waals surface area contributed by atoms with Gasteiger partial charge in [-0.15, -0.1) is 0 Å². The molecule has 14 heavy (non-hydrogen) atoms. The van der Waals surface area contributed by atoms with Gasteiger partial charge in [-0.2, -0.15) is 0 Å². The summed E-state index contributed by atoms with van der Waals surface area (Å²) in [6, 6.07) is 0. The number of hydrogen-bond donors (Lipinski definition) is 3. The van der Waals surface area contributed by atoms with Crippen LogP contribution in [0.3, 0.4) is 0 Å². The summed E-state index contributed by atoms with van der Waals surface area (Å²) in [6.45, 7) is 2.05. The van der Waals surface area contributed by atoms with Crippen LogP contribution in [0.25, 0.3) is 0 Å². The summed E-state index contributed by atoms with van der Waals surface area (Å²) in [6.07, 6.45) is 7.12. The number of allylic oxidation sites excluding steroid dienone is 1. The Labute approximate surface area is 86.1 Å². The largest absolute Gasteiger partial charge is 0.396 e. The minimum atomic E-state index is -0.544. The van der Waals surface area contributed by atoms with Crippen molar-refractivity contribution in [3.8, 4) is 0 Å². The summed E-state index contributed by atoms with van der Waals surface area (Å²) < 4.78 is 0. The van der Waals surface area contributed by atoms with Crippen LogP contribution in [0.15, 0.2) is 12.2 Å². The van der Waals surface area contributed by atoms with Gasteiger partial charge in [-0.3, -0.25) is 0 Å². The Morgan fingerprint density at radius 3 is 2.21 bits per heavy atom. The van der Waals surface area contributed by atoms with Gasteiger partial charge < -0.3 is 15.3 Å². The van der Waals surface area contributed by atoms with Crippen LogP contribution in [0, 0.1) is 5.41 Å². The lowest BCUT2D eigenvalue weighted by molar-refractivity contribution is 0.0795. The van der Waals surface area contributed by atoms with E-state index in [1.165, 1.54) is 0 Å². The van der Waals surface area contributed by atoms with Crippen LogP contribution in [0.1, 0.15) is 32.6 Å². The standard InChI is InChI=1S/C11H22O3/c1-2-3-4-6-11(9-13,10-14)7-5-8-12/h4,6,12-14H,2-3,5,7-10H2,1H3. The molecule has 0 radical (unpaired) electrons. The second-order valence-corrected chi connectivity index (χ2v) is 3.70. The van der Waals surface area contributed by atoms with Crippen LogP contribution in [0.2, 0.25) is 0 Å². The second kappa shape index (κ2) is 7.97. The Morgan fingerprint density at radius 1 is 1.14 bits per heavy atom. The molecule has 0 fully saturated rings. The molecule has 0 bridgehead atoms. The van der Waals surface area contributed by atoms with Gasteiger partial charge >= 0.3 is 0 Å². The van der Waals surface area contributed by atoms with E-state index in [0.717, 1.165) is 12.8 Å². The molecular weight excluding hydrogens is 180 g/mol. The smallest absolute Gasteiger partial charge is 0.0544 e. The summed E-state index contributed by atoms with van der Waals surface area (Å²) in [5.41, 5.74) is -0.544. The molecule has 0 amide bonds. The Bertz CT molecular complexity index is 151. The molecule has 3 N–H and O–H groups in total. The number of rotatable bonds is 8. The van der Waals surface area contributed by atoms with Crippen LogP contribution >= 0.6 is 0 Å². The van der Waals surface area contributed by atoms with Crippen molar-refractivity contribution < 1.29 is 15.3 Å². The van der Waals surface area contributed by atoms with Crippen molar-refractivity contribution in [1.82, 2.24) is 0 Å². The quantitative estimate of drug-likeness (QED) is 0.516. The number of unbranched alkanes of at least 4 members (excludes halogenated alkanes) is 1. The summed E-state index contributed by atoms with van der Waals surface area (Å²) in [7, 11) is 0. The molecule has 0 spiro atoms. The molecule has 0 rings (SSSR count). The van der Waals surface area contributed by atoms with Gasteiger partial charge in [0.2, 0.25) is 0 Å². The third-order valence-electron chi connectivity index (χ3n) is 2.39. The second-order valence-electron chi connectivity index (χ2n) is 3.70. The topological polar surface area (TPSA) is 60.7 Å². The predicted octanol–water partition coefficient (Wildman–Crippen LogP) is 1.09. The highest BCUT2D eigenvalue weighted by molar-refractivity contribution is 4.99. The fourth-order valence-electron chi connectivity index (χ4n) is 1.33. The van der Waals surface area contributed by atoms with Crippen molar-refractivity contribution in [1.29, 1.82) is 0 Å². The van der Waals surface area contributed by atoms with E-state index in [2.05, 4.69) is 6.92 Å². The van der Waals surface area contributed by atoms with Gasteiger partial charge in [-0.1, -0.05) is 25.5 Å². The SMILES string of the molecule is CCCC=CC(CO)(CO)CCCO. The van der Waals surface area contributed by atoms with Crippen molar-refractivity contribution in [3.63, 3.8) is 0 Å². The van der Waals surface area contributed by atoms with E-state index in [0.29, 0.717) is 12.8 Å². The lowest BCUT2D eigenvalue weighted by Gasteiger charge is -2.25. The van der Waals surface area contributed by atoms with Crippen molar-refractivity contribution in [2.45, 2.75) is 32.6 Å². The molecular formula is C11H22O3. The predicted molar refractivity (Wildman–Crippen MR) is 57.0 cm³/mol. The molecule has 0 saturated carbocycles. The highest BCUT2D eigenvalue weighted by Crippen LogP contribution is 2.24. The van der Waals surface area contributed by atoms with E-state index in [-0.39, 0.29) is 19.8 Å². The van der Waals surface area contributed by atoms with Gasteiger partial charge in [0.05, 0.1) is 13.2 Å². The first kappa shape index (κ1) is 13.6. The van der Waals surface area contributed by atoms with Crippen LogP contribution in [0.5, 0.6) is 0 Å². The molecule has 0 saturated heterocycles. The zero-order valence-electron chi connectivity index (χ0n) is 8.95. The van der Waals surface area contributed by atoms with Crippen molar-refractivity contribution in [2.24, 2.45) is 5.41 Å². The monoisotopic (exact) mass is 202 g/mol. The van der Waals surface area contributed by atoms with Gasteiger partial charge in [-0.05, 0) is 19.3 Å². The summed E-state index contributed by atoms with van der Waals surface area (Å²) in [5.74, 6) is 0. The highest BCUT2D eigenvalue weighted by Gasteiger charge is 2.24. The number of aliphatic hydroxyl groups excluding tert-OH is 3. The van der Waals surface area contributed by atoms with Crippen molar-refractivity contribution >= 4 is 0 Å². The van der Waals surface area contributed by atoms with E-state index >= 15 is 0 Å². The maximum atomic E-state index is 9.21. The van der Waals surface area contributed by atoms with Crippen LogP contribution in [-0.4, -0.2) is 35.1 Å². The Morgan fingerprint density at radius 2 is 1.79 bits per heavy atom. The minimum Gasteiger partial charge on any atom is -0.396 e. The molecule has 0 atom stereocenters. The van der Waals surface area contributed by atoms with Crippen LogP contribution in [0.4, 0.5) is 0 Å². The molecule has 0 aromatic rings. The first-order valence-corrected chi connectivity index (χ1v) is 5.25. The van der Waals surface area contributed by atoms with Gasteiger partial charge in [0.25, 0.3) is 0 Å². The van der Waals surface area contributed by atoms with E-state index in [4.69, 9.17) is 5.11 Å². The van der Waals surface area contributed by atoms with Crippen molar-refractivity contribution in [2.75, 3.05) is 19.8 Å². The van der Waals surface area contributed by atoms with Gasteiger partial charge in [0.1, 0.15) is 0 Å². The first-order valence-electron chi connectivity index (χ1n) is 5.25. The average molecular weight is 202 g/mol. The van der Waals surface area contributed by atoms with E-state index in [9.17, 15) is 10.2 Å². The Balaban J connectivity index is 4.20. The van der Waals surface area contributed by atoms with Crippen LogP contribution in [-0.2, 0) is 0 Å². The molecule has 0 unspecified atom stereocenters. The first-order chi connectivity index (χ1) is 6.74. The van der Waals surface area contributed by atoms with Gasteiger partial charge in [-0.25, -0.2) is 0 Å². The van der Waals surface area contributed by atoms with Crippen molar-refractivity contribution in [3.05, 3.63) is 12.2 Å². The summed E-state index contributed by atoms with van der Waals surface area (Å²) >= 11 is 0. The molecule has 3 heteroatoms. The number of aliphatic hydroxyl groups is 3. The average Bonchev–Trinajstić information content (AvgIpc) is 2.24. The zero-order valence-corrected chi connectivity index (χ0v) is 8.95. The zero-order chi connectivity index (χ0) is 10.9. The fourth-order valence-corrected chi connectivity index (χ4v) is 1.33. The maximum Gasteiger partial charge on any atom is 0.0544 e. The highest BCUT2D eigenvalue weighted by atomic mass is 16.3. The minimum absolute atomic E-state index is 0.0658. The van der Waals surface area contributed by atoms with E-state index in [1.54, 1.807) is 0 Å². The lowest BCUT2D eigenvalue weighted by atomic mass is 9.84. The Hall–Kier alpha value is -0.380. The molecule has 0 aliphatic rings. The van der Waals surface area contributed by atoms with E-state index < -0.39 is 5.41 Å². The molecule has 0 aliphatic carbocycles. The van der Waals surface area contributed by atoms with Gasteiger partial charge in [0.15, 0.2) is 0 Å².